The quantitative estimate of drug-likeness (QED) is 0.0121. The highest BCUT2D eigenvalue weighted by atomic mass is 33.1. The first-order chi connectivity index (χ1) is 44.2. The number of amides is 7. The van der Waals surface area contributed by atoms with Crippen LogP contribution in [0.4, 0.5) is 0 Å². The molecule has 1 fully saturated rings. The minimum atomic E-state index is -2.11. The van der Waals surface area contributed by atoms with Gasteiger partial charge in [0, 0.05) is 19.3 Å². The number of aliphatic hydroxyl groups is 1. The van der Waals surface area contributed by atoms with Crippen molar-refractivity contribution in [3.8, 4) is 0 Å². The van der Waals surface area contributed by atoms with Crippen molar-refractivity contribution in [2.24, 2.45) is 35.1 Å². The average molecular weight is 1390 g/mol. The second-order valence-corrected chi connectivity index (χ2v) is 26.8. The standard InChI is InChI=1S/C57H94N14O22S2/c1-24(2)15-34-38(75)20-39(76)45(26(5)6)71-70-35(18-41(59)78)52(89)66-46(27(7)8)54(91)62-28(9)48(85)55(67-47(29(10)73)53(90)61-22-31(74)21-60-37(57(92)93)16-25(3)4)94-95-56(65-33(50(87)64-34)12-14-43(81)82)49(86)32(11-13-42(79)80)63-51(88)36(19-44(83)84)69-68-30(23-72)17-40(58)77/h23-30,32-37,45-47,55-56,60,65,67-71,73H,11-22H2,1-10H3,(H2,58,77)(H2,59,78)(H,61,90)(H,62,91)(H,63,88)(H,64,87)(H,66,89)(H,79,80)(H,81,82)(H,83,84)(H,92,93)/t28-,29+,30-,32-,33-,34-,35-,36-,37-,45-,46-,47-,55?,56?/m0/s1. The summed E-state index contributed by atoms with van der Waals surface area (Å²) in [5, 5.41) is 66.3. The maximum atomic E-state index is 15.4. The van der Waals surface area contributed by atoms with Gasteiger partial charge in [-0.05, 0) is 63.2 Å². The summed E-state index contributed by atoms with van der Waals surface area (Å²) in [6.45, 7) is 13.8. The summed E-state index contributed by atoms with van der Waals surface area (Å²) in [7, 11) is 0.594. The SMILES string of the molecule is CC(C)C[C@H](NCC(=O)CNC(=O)[C@@H](NC1SSC(C(=O)[C@H](CCC(=O)O)NC(=O)[C@H](CC(=O)O)NN[C@H](C=O)CC(N)=O)N[C@@H](CCC(=O)O)C(=O)N[C@@H](CC(C)C)C(=O)CC(=O)[C@H](C(C)C)NN[C@@H](CC(N)=O)C(=O)N[C@@H](C(C)C)C(=O)N[C@@H](C)C1=O)[C@@H](C)O)C(=O)O. The maximum absolute atomic E-state index is 15.4. The average Bonchev–Trinajstić information content (AvgIpc) is 1.03. The second kappa shape index (κ2) is 42.9. The number of aliphatic hydroxyl groups excluding tert-OH is 1. The molecule has 536 valence electrons. The molecule has 2 unspecified atom stereocenters. The first kappa shape index (κ1) is 85.6. The first-order valence-corrected chi connectivity index (χ1v) is 32.8. The molecule has 0 aliphatic carbocycles. The van der Waals surface area contributed by atoms with Crippen LogP contribution in [0.1, 0.15) is 133 Å². The zero-order valence-corrected chi connectivity index (χ0v) is 56.2. The Morgan fingerprint density at radius 1 is 0.642 bits per heavy atom. The predicted molar refractivity (Wildman–Crippen MR) is 340 cm³/mol. The fraction of sp³-hybridized carbons (Fsp3) is 0.702. The van der Waals surface area contributed by atoms with Crippen molar-refractivity contribution in [2.45, 2.75) is 217 Å². The van der Waals surface area contributed by atoms with Gasteiger partial charge in [-0.25, -0.2) is 21.7 Å². The molecule has 38 heteroatoms. The molecular formula is C57H94N14O22S2. The van der Waals surface area contributed by atoms with Crippen molar-refractivity contribution >= 4 is 122 Å². The molecule has 0 radical (unpaired) electrons. The van der Waals surface area contributed by atoms with Gasteiger partial charge in [0.05, 0.1) is 74.7 Å². The van der Waals surface area contributed by atoms with Gasteiger partial charge in [-0.3, -0.25) is 92.7 Å². The number of nitrogens with one attached hydrogen (secondary N) is 12. The number of carboxylic acids is 4. The number of carbonyl (C=O) groups is 17. The summed E-state index contributed by atoms with van der Waals surface area (Å²) < 4.78 is 0. The minimum Gasteiger partial charge on any atom is -0.481 e. The van der Waals surface area contributed by atoms with Crippen LogP contribution in [0, 0.1) is 23.7 Å². The minimum absolute atomic E-state index is 0.111. The van der Waals surface area contributed by atoms with Crippen LogP contribution in [0.5, 0.6) is 0 Å². The number of Topliss-reactive ketones (excluding diaryl/α,β-unsaturated/α-hetero) is 5. The van der Waals surface area contributed by atoms with Crippen LogP contribution in [0.15, 0.2) is 0 Å². The Hall–Kier alpha value is -7.43. The van der Waals surface area contributed by atoms with E-state index in [9.17, 15) is 97.5 Å². The highest BCUT2D eigenvalue weighted by molar-refractivity contribution is 8.77. The van der Waals surface area contributed by atoms with Gasteiger partial charge in [0.25, 0.3) is 0 Å². The Morgan fingerprint density at radius 2 is 1.25 bits per heavy atom. The van der Waals surface area contributed by atoms with Gasteiger partial charge in [-0.15, -0.1) is 0 Å². The third kappa shape index (κ3) is 32.7. The lowest BCUT2D eigenvalue weighted by Gasteiger charge is -2.31. The van der Waals surface area contributed by atoms with Crippen LogP contribution < -0.4 is 75.7 Å². The fourth-order valence-electron chi connectivity index (χ4n) is 9.08. The van der Waals surface area contributed by atoms with E-state index in [2.05, 4.69) is 64.2 Å². The number of hydrogen-bond acceptors (Lipinski definition) is 27. The number of ketones is 5. The van der Waals surface area contributed by atoms with E-state index in [1.165, 1.54) is 13.8 Å². The smallest absolute Gasteiger partial charge is 0.320 e. The topological polar surface area (TPSA) is 588 Å². The van der Waals surface area contributed by atoms with E-state index in [1.807, 2.05) is 0 Å². The van der Waals surface area contributed by atoms with Crippen LogP contribution in [0.3, 0.4) is 0 Å². The third-order valence-corrected chi connectivity index (χ3v) is 16.9. The zero-order chi connectivity index (χ0) is 72.7. The number of rotatable bonds is 36. The number of aldehydes is 1. The van der Waals surface area contributed by atoms with E-state index in [1.54, 1.807) is 41.5 Å². The molecule has 0 aromatic heterocycles. The Kier molecular flexibility index (Phi) is 38.6. The molecule has 0 aromatic rings. The summed E-state index contributed by atoms with van der Waals surface area (Å²) in [5.74, 6) is -20.7. The molecule has 0 bridgehead atoms. The molecule has 1 rings (SSSR count). The molecule has 95 heavy (non-hydrogen) atoms. The molecule has 36 nitrogen and oxygen atoms in total. The number of hydrazine groups is 2. The van der Waals surface area contributed by atoms with Crippen LogP contribution in [-0.4, -0.2) is 222 Å². The molecule has 0 spiro atoms. The van der Waals surface area contributed by atoms with Crippen LogP contribution in [-0.2, 0) is 81.5 Å². The van der Waals surface area contributed by atoms with Crippen LogP contribution in [0.25, 0.3) is 0 Å². The van der Waals surface area contributed by atoms with Crippen molar-refractivity contribution in [1.29, 1.82) is 0 Å². The van der Waals surface area contributed by atoms with Gasteiger partial charge in [-0.2, -0.15) is 0 Å². The Morgan fingerprint density at radius 3 is 1.77 bits per heavy atom. The second-order valence-electron chi connectivity index (χ2n) is 24.3. The largest absolute Gasteiger partial charge is 0.481 e. The summed E-state index contributed by atoms with van der Waals surface area (Å²) in [6, 6.07) is -18.2. The van der Waals surface area contributed by atoms with E-state index in [0.29, 0.717) is 10.8 Å². The predicted octanol–water partition coefficient (Wildman–Crippen LogP) is -5.09. The first-order valence-electron chi connectivity index (χ1n) is 30.5. The summed E-state index contributed by atoms with van der Waals surface area (Å²) >= 11 is 0. The lowest BCUT2D eigenvalue weighted by molar-refractivity contribution is -0.141. The van der Waals surface area contributed by atoms with E-state index in [-0.39, 0.29) is 35.8 Å². The summed E-state index contributed by atoms with van der Waals surface area (Å²) in [4.78, 5) is 227. The van der Waals surface area contributed by atoms with Gasteiger partial charge >= 0.3 is 23.9 Å². The van der Waals surface area contributed by atoms with Crippen molar-refractivity contribution < 1.29 is 107 Å². The zero-order valence-electron chi connectivity index (χ0n) is 54.6. The molecule has 14 atom stereocenters. The van der Waals surface area contributed by atoms with Crippen LogP contribution >= 0.6 is 21.6 Å². The Labute approximate surface area is 556 Å². The Balaban J connectivity index is 4.53. The third-order valence-electron chi connectivity index (χ3n) is 14.2. The molecule has 1 aliphatic heterocycles. The van der Waals surface area contributed by atoms with E-state index in [4.69, 9.17) is 11.5 Å². The number of nitrogens with two attached hydrogens (primary N) is 2. The van der Waals surface area contributed by atoms with Gasteiger partial charge in [0.1, 0.15) is 47.2 Å². The number of hydrogen-bond donors (Lipinski definition) is 19. The van der Waals surface area contributed by atoms with E-state index < -0.39 is 260 Å². The molecule has 21 N–H and O–H groups in total. The maximum Gasteiger partial charge on any atom is 0.320 e. The number of carbonyl (C=O) groups excluding carboxylic acids is 13. The fourth-order valence-corrected chi connectivity index (χ4v) is 11.9. The van der Waals surface area contributed by atoms with Crippen molar-refractivity contribution in [1.82, 2.24) is 64.2 Å². The molecule has 1 heterocycles. The molecule has 1 saturated heterocycles. The van der Waals surface area contributed by atoms with Crippen molar-refractivity contribution in [3.05, 3.63) is 0 Å². The van der Waals surface area contributed by atoms with Crippen LogP contribution in [0.2, 0.25) is 0 Å². The molecule has 1 aliphatic rings. The van der Waals surface area contributed by atoms with Crippen molar-refractivity contribution in [3.63, 3.8) is 0 Å². The highest BCUT2D eigenvalue weighted by Crippen LogP contribution is 2.33. The van der Waals surface area contributed by atoms with E-state index in [0.717, 1.165) is 13.8 Å². The summed E-state index contributed by atoms with van der Waals surface area (Å²) in [5.41, 5.74) is 20.5. The summed E-state index contributed by atoms with van der Waals surface area (Å²) in [6.07, 6.45) is -8.44. The lowest BCUT2D eigenvalue weighted by atomic mass is 9.92. The molecule has 0 saturated carbocycles. The monoisotopic (exact) mass is 1390 g/mol. The molecule has 0 aromatic carbocycles. The normalized spacial score (nSPS) is 22.8. The van der Waals surface area contributed by atoms with Crippen molar-refractivity contribution in [2.75, 3.05) is 13.1 Å². The Bertz CT molecular complexity index is 2740. The van der Waals surface area contributed by atoms with Gasteiger partial charge in [0.2, 0.25) is 41.4 Å². The van der Waals surface area contributed by atoms with E-state index >= 15 is 9.59 Å². The van der Waals surface area contributed by atoms with Gasteiger partial charge in [-0.1, -0.05) is 77.0 Å². The number of carboxylic acid groups (broad SMARTS) is 4. The molecular weight excluding hydrogens is 1300 g/mol. The van der Waals surface area contributed by atoms with Gasteiger partial charge < -0.3 is 68.4 Å². The number of aliphatic carboxylic acids is 4. The lowest BCUT2D eigenvalue weighted by Crippen LogP contribution is -2.61. The van der Waals surface area contributed by atoms with Gasteiger partial charge in [0.15, 0.2) is 28.9 Å². The molecule has 7 amide bonds. The highest BCUT2D eigenvalue weighted by Gasteiger charge is 2.41. The number of primary amides is 2.